The van der Waals surface area contributed by atoms with Crippen LogP contribution in [0.5, 0.6) is 0 Å². The molecular formula is C20H24N6O. The zero-order valence-electron chi connectivity index (χ0n) is 15.7. The van der Waals surface area contributed by atoms with E-state index in [0.29, 0.717) is 26.1 Å². The number of carbonyl (C=O) groups excluding carboxylic acids is 1. The molecule has 0 bridgehead atoms. The number of aromatic nitrogens is 5. The van der Waals surface area contributed by atoms with Crippen molar-refractivity contribution in [3.8, 4) is 11.4 Å². The maximum absolute atomic E-state index is 12.8. The molecule has 0 saturated heterocycles. The third-order valence-corrected chi connectivity index (χ3v) is 5.13. The van der Waals surface area contributed by atoms with E-state index in [2.05, 4.69) is 21.6 Å². The van der Waals surface area contributed by atoms with Crippen molar-refractivity contribution in [2.24, 2.45) is 0 Å². The van der Waals surface area contributed by atoms with Crippen molar-refractivity contribution >= 4 is 5.91 Å². The van der Waals surface area contributed by atoms with Gasteiger partial charge in [-0.25, -0.2) is 14.6 Å². The van der Waals surface area contributed by atoms with E-state index in [-0.39, 0.29) is 11.9 Å². The summed E-state index contributed by atoms with van der Waals surface area (Å²) >= 11 is 0. The molecule has 1 atom stereocenters. The number of carbonyl (C=O) groups is 1. The summed E-state index contributed by atoms with van der Waals surface area (Å²) in [6, 6.07) is 9.87. The zero-order chi connectivity index (χ0) is 18.8. The first-order chi connectivity index (χ1) is 13.2. The van der Waals surface area contributed by atoms with Gasteiger partial charge in [0.15, 0.2) is 5.82 Å². The van der Waals surface area contributed by atoms with Crippen LogP contribution in [-0.4, -0.2) is 41.7 Å². The van der Waals surface area contributed by atoms with E-state index in [1.54, 1.807) is 6.20 Å². The van der Waals surface area contributed by atoms with Gasteiger partial charge in [0.1, 0.15) is 11.6 Å². The highest BCUT2D eigenvalue weighted by Crippen LogP contribution is 2.26. The third kappa shape index (κ3) is 3.37. The molecular weight excluding hydrogens is 340 g/mol. The lowest BCUT2D eigenvalue weighted by molar-refractivity contribution is -0.134. The molecule has 1 aliphatic rings. The van der Waals surface area contributed by atoms with E-state index in [4.69, 9.17) is 4.98 Å². The molecule has 4 rings (SSSR count). The van der Waals surface area contributed by atoms with Gasteiger partial charge in [-0.1, -0.05) is 37.3 Å². The number of aryl methyl sites for hydroxylation is 2. The van der Waals surface area contributed by atoms with Gasteiger partial charge in [-0.05, 0) is 6.92 Å². The van der Waals surface area contributed by atoms with E-state index >= 15 is 0 Å². The monoisotopic (exact) mass is 364 g/mol. The van der Waals surface area contributed by atoms with Crippen LogP contribution in [-0.2, 0) is 24.3 Å². The van der Waals surface area contributed by atoms with E-state index < -0.39 is 0 Å². The average molecular weight is 364 g/mol. The number of rotatable bonds is 5. The summed E-state index contributed by atoms with van der Waals surface area (Å²) in [5, 5.41) is 4.63. The summed E-state index contributed by atoms with van der Waals surface area (Å²) in [4.78, 5) is 23.8. The number of imidazole rings is 1. The van der Waals surface area contributed by atoms with Crippen molar-refractivity contribution < 1.29 is 4.79 Å². The van der Waals surface area contributed by atoms with Gasteiger partial charge in [0.25, 0.3) is 0 Å². The number of nitrogens with zero attached hydrogens (tertiary/aromatic N) is 6. The van der Waals surface area contributed by atoms with Crippen LogP contribution in [0.2, 0.25) is 0 Å². The van der Waals surface area contributed by atoms with Crippen molar-refractivity contribution in [2.45, 2.75) is 45.8 Å². The first-order valence-corrected chi connectivity index (χ1v) is 9.47. The largest absolute Gasteiger partial charge is 0.334 e. The molecule has 0 saturated carbocycles. The SMILES string of the molecule is CCc1nccn1CCC(=O)N1CCn2nc(-c3ccccc3)nc2[C@@H]1C. The van der Waals surface area contributed by atoms with Crippen molar-refractivity contribution in [3.63, 3.8) is 0 Å². The number of fused-ring (bicyclic) bond motifs is 1. The Labute approximate surface area is 158 Å². The summed E-state index contributed by atoms with van der Waals surface area (Å²) in [7, 11) is 0. The van der Waals surface area contributed by atoms with Crippen molar-refractivity contribution in [1.82, 2.24) is 29.2 Å². The van der Waals surface area contributed by atoms with Crippen LogP contribution in [0, 0.1) is 0 Å². The summed E-state index contributed by atoms with van der Waals surface area (Å²) in [6.07, 6.45) is 5.06. The summed E-state index contributed by atoms with van der Waals surface area (Å²) < 4.78 is 3.99. The minimum absolute atomic E-state index is 0.0790. The highest BCUT2D eigenvalue weighted by molar-refractivity contribution is 5.76. The summed E-state index contributed by atoms with van der Waals surface area (Å²) in [6.45, 7) is 6.10. The highest BCUT2D eigenvalue weighted by atomic mass is 16.2. The van der Waals surface area contributed by atoms with E-state index in [9.17, 15) is 4.79 Å². The van der Waals surface area contributed by atoms with Gasteiger partial charge in [-0.2, -0.15) is 5.10 Å². The Morgan fingerprint density at radius 2 is 2.04 bits per heavy atom. The second-order valence-electron chi connectivity index (χ2n) is 6.79. The summed E-state index contributed by atoms with van der Waals surface area (Å²) in [5.41, 5.74) is 0.997. The normalized spacial score (nSPS) is 16.4. The average Bonchev–Trinajstić information content (AvgIpc) is 3.34. The lowest BCUT2D eigenvalue weighted by Gasteiger charge is -2.33. The molecule has 0 radical (unpaired) electrons. The van der Waals surface area contributed by atoms with E-state index in [1.165, 1.54) is 0 Å². The number of benzene rings is 1. The Morgan fingerprint density at radius 3 is 2.81 bits per heavy atom. The van der Waals surface area contributed by atoms with Gasteiger partial charge in [0.2, 0.25) is 5.91 Å². The molecule has 1 aliphatic heterocycles. The highest BCUT2D eigenvalue weighted by Gasteiger charge is 2.30. The van der Waals surface area contributed by atoms with Gasteiger partial charge in [-0.15, -0.1) is 0 Å². The number of hydrogen-bond acceptors (Lipinski definition) is 4. The minimum Gasteiger partial charge on any atom is -0.334 e. The van der Waals surface area contributed by atoms with Crippen LogP contribution in [0.4, 0.5) is 0 Å². The number of hydrogen-bond donors (Lipinski definition) is 0. The number of amides is 1. The fourth-order valence-corrected chi connectivity index (χ4v) is 3.63. The van der Waals surface area contributed by atoms with Gasteiger partial charge in [0.05, 0.1) is 12.6 Å². The van der Waals surface area contributed by atoms with E-state index in [1.807, 2.05) is 53.0 Å². The molecule has 2 aromatic heterocycles. The van der Waals surface area contributed by atoms with Gasteiger partial charge >= 0.3 is 0 Å². The fraction of sp³-hybridized carbons (Fsp3) is 0.400. The molecule has 0 fully saturated rings. The van der Waals surface area contributed by atoms with E-state index in [0.717, 1.165) is 29.5 Å². The topological polar surface area (TPSA) is 68.8 Å². The Morgan fingerprint density at radius 1 is 1.22 bits per heavy atom. The molecule has 140 valence electrons. The van der Waals surface area contributed by atoms with Gasteiger partial charge < -0.3 is 9.47 Å². The van der Waals surface area contributed by atoms with Crippen LogP contribution in [0.1, 0.15) is 38.0 Å². The first-order valence-electron chi connectivity index (χ1n) is 9.47. The van der Waals surface area contributed by atoms with Crippen LogP contribution in [0.15, 0.2) is 42.7 Å². The molecule has 27 heavy (non-hydrogen) atoms. The maximum Gasteiger partial charge on any atom is 0.225 e. The van der Waals surface area contributed by atoms with Crippen molar-refractivity contribution in [1.29, 1.82) is 0 Å². The first kappa shape index (κ1) is 17.5. The minimum atomic E-state index is -0.0790. The molecule has 7 nitrogen and oxygen atoms in total. The molecule has 1 aromatic carbocycles. The van der Waals surface area contributed by atoms with Crippen LogP contribution >= 0.6 is 0 Å². The molecule has 0 unspecified atom stereocenters. The van der Waals surface area contributed by atoms with Crippen LogP contribution in [0.25, 0.3) is 11.4 Å². The second-order valence-corrected chi connectivity index (χ2v) is 6.79. The fourth-order valence-electron chi connectivity index (χ4n) is 3.63. The smallest absolute Gasteiger partial charge is 0.225 e. The maximum atomic E-state index is 12.8. The standard InChI is InChI=1S/C20H24N6O/c1-3-17-21-10-12-24(17)11-9-18(27)25-13-14-26-20(15(25)2)22-19(23-26)16-7-5-4-6-8-16/h4-8,10,12,15H,3,9,11,13-14H2,1-2H3/t15-/m0/s1. The molecule has 0 spiro atoms. The second kappa shape index (κ2) is 7.34. The predicted molar refractivity (Wildman–Crippen MR) is 102 cm³/mol. The molecule has 0 aliphatic carbocycles. The molecule has 1 amide bonds. The van der Waals surface area contributed by atoms with Gasteiger partial charge in [-0.3, -0.25) is 4.79 Å². The Hall–Kier alpha value is -2.96. The molecule has 7 heteroatoms. The quantitative estimate of drug-likeness (QED) is 0.698. The Kier molecular flexibility index (Phi) is 4.75. The lowest BCUT2D eigenvalue weighted by atomic mass is 10.2. The van der Waals surface area contributed by atoms with Crippen LogP contribution in [0.3, 0.4) is 0 Å². The Bertz CT molecular complexity index is 929. The predicted octanol–water partition coefficient (Wildman–Crippen LogP) is 2.70. The summed E-state index contributed by atoms with van der Waals surface area (Å²) in [5.74, 6) is 2.73. The Balaban J connectivity index is 1.47. The molecule has 3 heterocycles. The van der Waals surface area contributed by atoms with Gasteiger partial charge in [0, 0.05) is 43.9 Å². The van der Waals surface area contributed by atoms with Crippen LogP contribution < -0.4 is 0 Å². The molecule has 3 aromatic rings. The van der Waals surface area contributed by atoms with Crippen molar-refractivity contribution in [2.75, 3.05) is 6.54 Å². The molecule has 0 N–H and O–H groups in total. The zero-order valence-corrected chi connectivity index (χ0v) is 15.7. The lowest BCUT2D eigenvalue weighted by Crippen LogP contribution is -2.41. The third-order valence-electron chi connectivity index (χ3n) is 5.13. The van der Waals surface area contributed by atoms with Crippen molar-refractivity contribution in [3.05, 3.63) is 54.4 Å².